The molecule has 688 valence electrons. The summed E-state index contributed by atoms with van der Waals surface area (Å²) in [5.74, 6) is 7.77. The third-order valence-corrected chi connectivity index (χ3v) is 27.3. The quantitative estimate of drug-likeness (QED) is 0.0150. The van der Waals surface area contributed by atoms with Gasteiger partial charge in [-0.1, -0.05) is 97.1 Å². The maximum absolute atomic E-state index is 12.3. The molecule has 4 amide bonds. The van der Waals surface area contributed by atoms with Gasteiger partial charge in [0, 0.05) is 82.3 Å². The molecule has 3 aromatic carbocycles. The van der Waals surface area contributed by atoms with Crippen molar-refractivity contribution in [2.45, 2.75) is 230 Å². The highest BCUT2D eigenvalue weighted by Crippen LogP contribution is 2.53. The number of esters is 2. The van der Waals surface area contributed by atoms with Crippen molar-refractivity contribution in [1.29, 1.82) is 0 Å². The Labute approximate surface area is 753 Å². The Morgan fingerprint density at radius 3 is 0.914 bits per heavy atom. The highest BCUT2D eigenvalue weighted by Gasteiger charge is 2.44. The van der Waals surface area contributed by atoms with E-state index in [0.29, 0.717) is 130 Å². The molecule has 0 spiro atoms. The largest absolute Gasteiger partial charge is 0.490 e. The molecule has 8 fully saturated rings. The minimum atomic E-state index is -2.23. The number of benzene rings is 3. The van der Waals surface area contributed by atoms with E-state index in [2.05, 4.69) is 61.1 Å². The summed E-state index contributed by atoms with van der Waals surface area (Å²) in [6.45, 7) is 25.0. The molecule has 4 aromatic heterocycles. The van der Waals surface area contributed by atoms with E-state index in [-0.39, 0.29) is 67.1 Å². The van der Waals surface area contributed by atoms with E-state index in [4.69, 9.17) is 47.7 Å². The number of allylic oxidation sites excluding steroid dienone is 1. The van der Waals surface area contributed by atoms with Crippen molar-refractivity contribution >= 4 is 77.5 Å². The number of likely N-dealkylation sites (tertiary alicyclic amines) is 4. The molecule has 7 aromatic rings. The van der Waals surface area contributed by atoms with Crippen LogP contribution >= 0.6 is 6.89 Å². The van der Waals surface area contributed by atoms with Gasteiger partial charge in [-0.05, 0) is 264 Å². The van der Waals surface area contributed by atoms with E-state index in [1.165, 1.54) is 25.9 Å². The monoisotopic (exact) mass is 1780 g/mol. The minimum Gasteiger partial charge on any atom is -0.490 e. The van der Waals surface area contributed by atoms with Gasteiger partial charge in [0.25, 0.3) is 0 Å². The molecular formula is C100H129N8O19P. The Morgan fingerprint density at radius 2 is 0.664 bits per heavy atom. The summed E-state index contributed by atoms with van der Waals surface area (Å²) in [6, 6.07) is 38.8. The molecule has 27 nitrogen and oxygen atoms in total. The highest BCUT2D eigenvalue weighted by atomic mass is 31.2. The zero-order chi connectivity index (χ0) is 91.9. The lowest BCUT2D eigenvalue weighted by Crippen LogP contribution is -2.55. The lowest BCUT2D eigenvalue weighted by Gasteiger charge is -2.41. The van der Waals surface area contributed by atoms with Crippen LogP contribution in [0.2, 0.25) is 0 Å². The second-order valence-corrected chi connectivity index (χ2v) is 41.0. The van der Waals surface area contributed by atoms with Gasteiger partial charge in [0.15, 0.2) is 0 Å². The summed E-state index contributed by atoms with van der Waals surface area (Å²) in [6.07, 6.45) is 29.3. The average Bonchev–Trinajstić information content (AvgIpc) is 1.15. The number of methoxy groups -OCH3 is 2. The van der Waals surface area contributed by atoms with Crippen LogP contribution in [0, 0.1) is 23.7 Å². The molecule has 15 rings (SSSR count). The van der Waals surface area contributed by atoms with Crippen LogP contribution in [0.25, 0.3) is 0 Å². The molecular weight excluding hydrogens is 1650 g/mol. The fourth-order valence-corrected chi connectivity index (χ4v) is 19.4. The smallest absolute Gasteiger partial charge is 0.410 e. The van der Waals surface area contributed by atoms with Crippen molar-refractivity contribution in [1.82, 2.24) is 39.5 Å². The van der Waals surface area contributed by atoms with E-state index >= 15 is 0 Å². The first-order chi connectivity index (χ1) is 61.1. The van der Waals surface area contributed by atoms with Crippen molar-refractivity contribution in [2.75, 3.05) is 73.4 Å². The van der Waals surface area contributed by atoms with Crippen molar-refractivity contribution < 1.29 is 90.8 Å². The summed E-state index contributed by atoms with van der Waals surface area (Å²) in [4.78, 5) is 117. The van der Waals surface area contributed by atoms with E-state index < -0.39 is 29.3 Å². The Morgan fingerprint density at radius 1 is 0.391 bits per heavy atom. The van der Waals surface area contributed by atoms with E-state index in [1.807, 2.05) is 193 Å². The lowest BCUT2D eigenvalue weighted by molar-refractivity contribution is -0.135. The maximum Gasteiger partial charge on any atom is 0.410 e. The number of carbonyl (C=O) groups is 8. The Balaban J connectivity index is 0.000000155. The molecule has 4 aliphatic heterocycles. The topological polar surface area (TPSA) is 314 Å². The molecule has 4 saturated heterocycles. The van der Waals surface area contributed by atoms with Crippen molar-refractivity contribution in [3.63, 3.8) is 0 Å². The van der Waals surface area contributed by atoms with E-state index in [1.54, 1.807) is 50.2 Å². The Kier molecular flexibility index (Phi) is 34.0. The van der Waals surface area contributed by atoms with Gasteiger partial charge in [-0.15, -0.1) is 0 Å². The number of aliphatic hydroxyl groups excluding tert-OH is 1. The van der Waals surface area contributed by atoms with Gasteiger partial charge < -0.3 is 81.7 Å². The minimum absolute atomic E-state index is 0.0330. The zero-order valence-electron chi connectivity index (χ0n) is 76.6. The number of hydrogen-bond donors (Lipinski definition) is 1. The Bertz CT molecular complexity index is 4720. The predicted octanol–water partition coefficient (Wildman–Crippen LogP) is 15.9. The number of ether oxygens (including phenoxy) is 10. The number of hydrogen-bond acceptors (Lipinski definition) is 23. The number of aliphatic hydroxyl groups is 1. The van der Waals surface area contributed by atoms with Gasteiger partial charge in [0.05, 0.1) is 63.2 Å². The summed E-state index contributed by atoms with van der Waals surface area (Å²) in [5, 5.41) is 12.4. The molecule has 4 saturated carbocycles. The molecule has 128 heavy (non-hydrogen) atoms. The lowest BCUT2D eigenvalue weighted by atomic mass is 10.1. The van der Waals surface area contributed by atoms with Gasteiger partial charge in [-0.25, -0.2) is 28.8 Å². The van der Waals surface area contributed by atoms with Crippen molar-refractivity contribution in [3.05, 3.63) is 199 Å². The third kappa shape index (κ3) is 28.9. The molecule has 8 aliphatic rings. The summed E-state index contributed by atoms with van der Waals surface area (Å²) in [7, 11) is 2.80. The van der Waals surface area contributed by atoms with Crippen LogP contribution in [0.3, 0.4) is 0 Å². The number of nitrogens with zero attached hydrogens (tertiary/aromatic N) is 8. The summed E-state index contributed by atoms with van der Waals surface area (Å²) < 4.78 is 54.8. The standard InChI is InChI=1S/C22H30N2O5.C21H19O2P.C19H28N2O4.2C19H26N2O4/c1-22(2,3)29-21(26)24-9-8-17(24)14-28-18-10-16(12-23-13-18)19-11-15(19)6-5-7-20(25)27-4;1-23-21(22)17-24(18-11-5-2-6-12-18,19-13-7-3-8-14-19)20-15-9-4-10-16-20;3*1-19(2,3)25-18(23)21-6-4-15(21)12-24-16-8-14(10-20-11-16)17-9-13(17)5-7-22/h5,7,10,12-13,15,17,19H,6,8-9,11,14H2,1-4H3;2-17H,1H3;8,10-11,13,15,17,22H,4-7,9,12H2,1-3H3;2*7-8,10-11,13,15,17H,4-6,9,12H2,1-3H3/b7-5+;;;;/t15-,17-,19-;;3*13-,15-,17-/m0.000/s1. The number of aromatic nitrogens is 4. The van der Waals surface area contributed by atoms with Crippen molar-refractivity contribution in [2.24, 2.45) is 23.7 Å². The molecule has 8 heterocycles. The predicted molar refractivity (Wildman–Crippen MR) is 490 cm³/mol. The van der Waals surface area contributed by atoms with Gasteiger partial charge in [-0.3, -0.25) is 19.9 Å². The van der Waals surface area contributed by atoms with Crippen LogP contribution in [0.5, 0.6) is 23.0 Å². The summed E-state index contributed by atoms with van der Waals surface area (Å²) in [5.41, 5.74) is 2.63. The fourth-order valence-electron chi connectivity index (χ4n) is 15.8. The molecule has 1 N–H and O–H groups in total. The second kappa shape index (κ2) is 44.7. The number of pyridine rings is 4. The fraction of sp³-hybridized carbons (Fsp3) is 0.510. The van der Waals surface area contributed by atoms with Crippen LogP contribution in [0.4, 0.5) is 19.2 Å². The zero-order valence-corrected chi connectivity index (χ0v) is 77.5. The van der Waals surface area contributed by atoms with Crippen LogP contribution in [0.15, 0.2) is 177 Å². The van der Waals surface area contributed by atoms with Crippen LogP contribution < -0.4 is 34.9 Å². The highest BCUT2D eigenvalue weighted by molar-refractivity contribution is 7.95. The van der Waals surface area contributed by atoms with Gasteiger partial charge in [-0.2, -0.15) is 0 Å². The van der Waals surface area contributed by atoms with Crippen molar-refractivity contribution in [3.8, 4) is 23.0 Å². The van der Waals surface area contributed by atoms with Crippen LogP contribution in [-0.4, -0.2) is 219 Å². The second-order valence-electron chi connectivity index (χ2n) is 37.8. The summed E-state index contributed by atoms with van der Waals surface area (Å²) >= 11 is 0. The number of carbonyl (C=O) groups excluding carboxylic acids is 8. The third-order valence-electron chi connectivity index (χ3n) is 23.4. The maximum atomic E-state index is 12.3. The molecule has 12 atom stereocenters. The number of amides is 4. The normalized spacial score (nSPS) is 22.1. The molecule has 0 bridgehead atoms. The average molecular weight is 1780 g/mol. The first-order valence-corrected chi connectivity index (χ1v) is 46.5. The first kappa shape index (κ1) is 97.4. The molecule has 4 aliphatic carbocycles. The van der Waals surface area contributed by atoms with Crippen LogP contribution in [0.1, 0.15) is 206 Å². The molecule has 28 heteroatoms. The van der Waals surface area contributed by atoms with E-state index in [9.17, 15) is 38.4 Å². The SMILES string of the molecule is CC(C)(C)OC(=O)N1CC[C@H]1COc1cncc([C@H]2C[C@@H]2CC=O)c1.CC(C)(C)OC(=O)N1CC[C@H]1COc1cncc([C@H]2C[C@@H]2CC=O)c1.CC(C)(C)OC(=O)N1CC[C@H]1COc1cncc([C@H]2C[C@@H]2CCO)c1.COC(=O)/C=C/C[C@H]1C[C@@H]1c1cncc(OC[C@@H]2CCN2C(=O)OC(C)(C)C)c1.COC(=O)C=P(c1ccccc1)(c1ccccc1)c1ccccc1. The first-order valence-electron chi connectivity index (χ1n) is 44.7. The number of rotatable bonds is 29. The van der Waals surface area contributed by atoms with Gasteiger partial charge in [0.2, 0.25) is 0 Å². The van der Waals surface area contributed by atoms with Crippen LogP contribution in [-0.2, 0) is 47.6 Å². The van der Waals surface area contributed by atoms with Gasteiger partial charge >= 0.3 is 36.3 Å². The number of aldehydes is 2. The Hall–Kier alpha value is -11.2. The molecule has 0 unspecified atom stereocenters. The van der Waals surface area contributed by atoms with Gasteiger partial charge in [0.1, 0.15) is 84.4 Å². The van der Waals surface area contributed by atoms with E-state index in [0.717, 1.165) is 115 Å². The molecule has 0 radical (unpaired) electrons.